The van der Waals surface area contributed by atoms with E-state index in [9.17, 15) is 30.0 Å². The summed E-state index contributed by atoms with van der Waals surface area (Å²) in [5.41, 5.74) is 19.7. The molecule has 0 aliphatic heterocycles. The molecule has 11 nitrogen and oxygen atoms in total. The van der Waals surface area contributed by atoms with Crippen molar-refractivity contribution >= 4 is 12.9 Å². The van der Waals surface area contributed by atoms with Gasteiger partial charge in [0.05, 0.1) is 24.4 Å². The third-order valence-corrected chi connectivity index (χ3v) is 32.7. The second-order valence-corrected chi connectivity index (χ2v) is 35.4. The normalized spacial score (nSPS) is 52.4. The maximum Gasteiger partial charge on any atom is 0.293 e. The molecule has 12 rings (SSSR count). The summed E-state index contributed by atoms with van der Waals surface area (Å²) in [5, 5.41) is 44.2. The third kappa shape index (κ3) is 11.5. The molecule has 12 aliphatic rings. The summed E-state index contributed by atoms with van der Waals surface area (Å²) >= 11 is 0. The van der Waals surface area contributed by atoms with Gasteiger partial charge in [0.15, 0.2) is 0 Å². The first-order valence-electron chi connectivity index (χ1n) is 37.9. The Bertz CT molecular complexity index is 2210. The minimum absolute atomic E-state index is 0.00915. The molecule has 13 unspecified atom stereocenters. The van der Waals surface area contributed by atoms with E-state index in [1.54, 1.807) is 0 Å². The number of rotatable bonds is 16. The molecule has 0 aromatic carbocycles. The largest absolute Gasteiger partial charge is 0.465 e. The number of carbonyl (C=O) groups is 2. The summed E-state index contributed by atoms with van der Waals surface area (Å²) in [5.74, 6) is 12.0. The Kier molecular flexibility index (Phi) is 21.6. The second kappa shape index (κ2) is 27.4. The van der Waals surface area contributed by atoms with Gasteiger partial charge in [0.1, 0.15) is 12.2 Å². The Morgan fingerprint density at radius 3 is 1.07 bits per heavy atom. The first-order valence-corrected chi connectivity index (χ1v) is 37.9. The summed E-state index contributed by atoms with van der Waals surface area (Å²) < 4.78 is 11.5. The number of fused-ring (bicyclic) bond motifs is 15. The van der Waals surface area contributed by atoms with Gasteiger partial charge in [0.25, 0.3) is 12.9 Å². The van der Waals surface area contributed by atoms with E-state index in [-0.39, 0.29) is 42.0 Å². The van der Waals surface area contributed by atoms with Crippen molar-refractivity contribution in [1.29, 1.82) is 0 Å². The number of nitrogens with two attached hydrogens (primary N) is 3. The maximum atomic E-state index is 11.7. The molecule has 0 bridgehead atoms. The van der Waals surface area contributed by atoms with Crippen molar-refractivity contribution in [2.45, 2.75) is 293 Å². The predicted octanol–water partition coefficient (Wildman–Crippen LogP) is 14.2. The smallest absolute Gasteiger partial charge is 0.293 e. The molecule has 12 saturated carbocycles. The predicted molar refractivity (Wildman–Crippen MR) is 354 cm³/mol. The molecular weight excluding hydrogens is 1090 g/mol. The fraction of sp³-hybridized carbons (Fsp3) is 0.974. The zero-order chi connectivity index (χ0) is 63.6. The van der Waals surface area contributed by atoms with Crippen molar-refractivity contribution < 1.29 is 39.5 Å². The molecule has 0 saturated heterocycles. The molecule has 0 amide bonds. The highest BCUT2D eigenvalue weighted by molar-refractivity contribution is 5.38. The molecule has 0 aromatic rings. The van der Waals surface area contributed by atoms with Crippen LogP contribution >= 0.6 is 0 Å². The lowest BCUT2D eigenvalue weighted by molar-refractivity contribution is -0.213. The highest BCUT2D eigenvalue weighted by Gasteiger charge is 2.69. The quantitative estimate of drug-likeness (QED) is 0.0723. The van der Waals surface area contributed by atoms with Gasteiger partial charge in [0.2, 0.25) is 0 Å². The highest BCUT2D eigenvalue weighted by atomic mass is 16.5. The van der Waals surface area contributed by atoms with Crippen LogP contribution in [-0.4, -0.2) is 89.6 Å². The van der Waals surface area contributed by atoms with Crippen LogP contribution in [0.15, 0.2) is 0 Å². The minimum Gasteiger partial charge on any atom is -0.465 e. The standard InChI is InChI=1S/C27H45NO4.2C25H45NO2/c1-5-19-23-14-18(31-15-29)8-11-27(23,4)22-9-12-26(3)20(17(2)10-13-28)6-7-21(26)24(22)25(19)32-16-30;2*1-5-17-21-14-16(27)8-11-25(21,4)20-9-12-24(3)18(15(2)10-13-26)6-7-19(24)22(20)23(17)28/h15-25H,5-14,28H2,1-4H3;2*15-23,27-28H,5-14,26H2,1-4H3/t17-,18-,19-,20?,21+,22+,23?,24+,25?,26?,27?;2*15-,16-,17-,18?,19+,20+,21?,22+,23-,24?,25?/m111/s1. The lowest BCUT2D eigenvalue weighted by atomic mass is 9.41. The topological polar surface area (TPSA) is 212 Å². The Morgan fingerprint density at radius 1 is 0.398 bits per heavy atom. The van der Waals surface area contributed by atoms with E-state index in [2.05, 4.69) is 83.1 Å². The monoisotopic (exact) mass is 1230 g/mol. The Hall–Kier alpha value is -1.34. The van der Waals surface area contributed by atoms with Crippen LogP contribution in [0.3, 0.4) is 0 Å². The lowest BCUT2D eigenvalue weighted by Crippen LogP contribution is -2.62. The summed E-state index contributed by atoms with van der Waals surface area (Å²) in [6.07, 6.45) is 30.4. The number of aliphatic hydroxyl groups excluding tert-OH is 4. The Balaban J connectivity index is 0.000000146. The van der Waals surface area contributed by atoms with Gasteiger partial charge >= 0.3 is 0 Å². The second-order valence-electron chi connectivity index (χ2n) is 35.4. The van der Waals surface area contributed by atoms with E-state index in [1.165, 1.54) is 77.0 Å². The number of ether oxygens (including phenoxy) is 2. The summed E-state index contributed by atoms with van der Waals surface area (Å²) in [6, 6.07) is 0. The molecule has 0 spiro atoms. The Labute approximate surface area is 536 Å². The van der Waals surface area contributed by atoms with E-state index in [0.29, 0.717) is 147 Å². The first-order chi connectivity index (χ1) is 41.9. The van der Waals surface area contributed by atoms with Crippen molar-refractivity contribution in [3.05, 3.63) is 0 Å². The SMILES string of the molecule is CC[C@@H]1C2C[C@H](O)CCC2(C)[C@H]2CCC3(C)C([C@H](C)CCN)CC[C@H]3[C@@H]2[C@@H]1O.CC[C@@H]1C2C[C@H](O)CCC2(C)[C@H]2CCC3(C)C([C@H](C)CCN)CC[C@H]3[C@@H]2[C@@H]1O.CC[C@H]1C(OC=O)[C@@H]2[C@H](CCC3(C)C([C@H](C)CCN)CC[C@@H]23)C2(C)CC[C@@H](OC=O)CC12. The van der Waals surface area contributed by atoms with Crippen molar-refractivity contribution in [3.63, 3.8) is 0 Å². The molecule has 506 valence electrons. The number of carbonyl (C=O) groups excluding carboxylic acids is 2. The fourth-order valence-electron chi connectivity index (χ4n) is 28.6. The number of hydrogen-bond donors (Lipinski definition) is 7. The van der Waals surface area contributed by atoms with Crippen molar-refractivity contribution in [2.75, 3.05) is 19.6 Å². The van der Waals surface area contributed by atoms with Crippen molar-refractivity contribution in [1.82, 2.24) is 0 Å². The Morgan fingerprint density at radius 2 is 0.716 bits per heavy atom. The molecule has 33 atom stereocenters. The van der Waals surface area contributed by atoms with Crippen LogP contribution in [0, 0.1) is 157 Å². The summed E-state index contributed by atoms with van der Waals surface area (Å²) in [4.78, 5) is 22.8. The third-order valence-electron chi connectivity index (χ3n) is 32.7. The van der Waals surface area contributed by atoms with E-state index >= 15 is 0 Å². The number of aliphatic hydroxyl groups is 4. The van der Waals surface area contributed by atoms with Crippen molar-refractivity contribution in [3.8, 4) is 0 Å². The fourth-order valence-corrected chi connectivity index (χ4v) is 28.6. The highest BCUT2D eigenvalue weighted by Crippen LogP contribution is 2.73. The van der Waals surface area contributed by atoms with Gasteiger partial charge in [0, 0.05) is 5.92 Å². The average Bonchev–Trinajstić information content (AvgIpc) is 1.22. The van der Waals surface area contributed by atoms with Gasteiger partial charge in [-0.25, -0.2) is 0 Å². The van der Waals surface area contributed by atoms with Crippen LogP contribution in [0.2, 0.25) is 0 Å². The van der Waals surface area contributed by atoms with E-state index in [1.807, 2.05) is 0 Å². The molecular formula is C77H135N3O8. The average molecular weight is 1230 g/mol. The molecule has 12 fully saturated rings. The number of hydrogen-bond acceptors (Lipinski definition) is 11. The van der Waals surface area contributed by atoms with E-state index < -0.39 is 0 Å². The van der Waals surface area contributed by atoms with Crippen LogP contribution in [0.1, 0.15) is 256 Å². The van der Waals surface area contributed by atoms with Crippen molar-refractivity contribution in [2.24, 2.45) is 174 Å². The van der Waals surface area contributed by atoms with E-state index in [4.69, 9.17) is 26.7 Å². The molecule has 0 radical (unpaired) electrons. The summed E-state index contributed by atoms with van der Waals surface area (Å²) in [6.45, 7) is 32.9. The minimum atomic E-state index is -0.174. The molecule has 12 aliphatic carbocycles. The molecule has 11 heteroatoms. The van der Waals surface area contributed by atoms with Crippen LogP contribution in [0.4, 0.5) is 0 Å². The van der Waals surface area contributed by atoms with Gasteiger partial charge in [-0.15, -0.1) is 0 Å². The van der Waals surface area contributed by atoms with E-state index in [0.717, 1.165) is 134 Å². The molecule has 0 aromatic heterocycles. The molecule has 88 heavy (non-hydrogen) atoms. The van der Waals surface area contributed by atoms with Crippen LogP contribution in [0.25, 0.3) is 0 Å². The van der Waals surface area contributed by atoms with Gasteiger partial charge in [-0.1, -0.05) is 95.9 Å². The van der Waals surface area contributed by atoms with Gasteiger partial charge < -0.3 is 47.1 Å². The van der Waals surface area contributed by atoms with Gasteiger partial charge in [-0.05, 0) is 331 Å². The molecule has 0 heterocycles. The van der Waals surface area contributed by atoms with Crippen LogP contribution in [0.5, 0.6) is 0 Å². The van der Waals surface area contributed by atoms with Crippen LogP contribution in [-0.2, 0) is 19.1 Å². The summed E-state index contributed by atoms with van der Waals surface area (Å²) in [7, 11) is 0. The first kappa shape index (κ1) is 69.5. The zero-order valence-corrected chi connectivity index (χ0v) is 58.1. The van der Waals surface area contributed by atoms with Crippen LogP contribution < -0.4 is 17.2 Å². The lowest BCUT2D eigenvalue weighted by Gasteiger charge is -2.65. The molecule has 10 N–H and O–H groups in total. The maximum absolute atomic E-state index is 11.7. The zero-order valence-electron chi connectivity index (χ0n) is 58.1. The van der Waals surface area contributed by atoms with Gasteiger partial charge in [-0.3, -0.25) is 9.59 Å². The van der Waals surface area contributed by atoms with Gasteiger partial charge in [-0.2, -0.15) is 0 Å².